The molecule has 2 aromatic rings. The number of anilines is 1. The summed E-state index contributed by atoms with van der Waals surface area (Å²) in [5.41, 5.74) is 1.87. The van der Waals surface area contributed by atoms with Gasteiger partial charge in [-0.1, -0.05) is 12.8 Å². The van der Waals surface area contributed by atoms with Crippen LogP contribution in [0.25, 0.3) is 11.6 Å². The second kappa shape index (κ2) is 8.71. The number of nitrogens with two attached hydrogens (primary N) is 1. The predicted octanol–water partition coefficient (Wildman–Crippen LogP) is 3.19. The summed E-state index contributed by atoms with van der Waals surface area (Å²) in [5, 5.41) is 26.4. The summed E-state index contributed by atoms with van der Waals surface area (Å²) in [4.78, 5) is 18.6. The van der Waals surface area contributed by atoms with Gasteiger partial charge < -0.3 is 20.2 Å². The molecule has 4 rings (SSSR count). The Balaban J connectivity index is 1.84. The third-order valence-electron chi connectivity index (χ3n) is 6.50. The van der Waals surface area contributed by atoms with Gasteiger partial charge >= 0.3 is 6.18 Å². The first-order valence-corrected chi connectivity index (χ1v) is 10.8. The number of hydrogen-bond donors (Lipinski definition) is 2. The molecule has 1 saturated carbocycles. The minimum atomic E-state index is -4.93. The van der Waals surface area contributed by atoms with Crippen LogP contribution in [0.3, 0.4) is 0 Å². The van der Waals surface area contributed by atoms with Gasteiger partial charge in [-0.05, 0) is 18.9 Å². The molecular formula is C21H21F5N6O3. The van der Waals surface area contributed by atoms with Crippen molar-refractivity contribution < 1.29 is 36.3 Å². The Morgan fingerprint density at radius 2 is 1.94 bits per heavy atom. The maximum Gasteiger partial charge on any atom is 0.405 e. The van der Waals surface area contributed by atoms with Crippen LogP contribution in [-0.2, 0) is 5.41 Å². The Morgan fingerprint density at radius 3 is 2.54 bits per heavy atom. The van der Waals surface area contributed by atoms with Gasteiger partial charge in [0, 0.05) is 25.4 Å². The van der Waals surface area contributed by atoms with Gasteiger partial charge in [-0.2, -0.15) is 18.4 Å². The number of pyridine rings is 1. The lowest BCUT2D eigenvalue weighted by atomic mass is 9.82. The van der Waals surface area contributed by atoms with E-state index in [1.54, 1.807) is 6.07 Å². The van der Waals surface area contributed by atoms with Crippen LogP contribution in [0.4, 0.5) is 27.6 Å². The minimum Gasteiger partial charge on any atom is -0.418 e. The number of aliphatic hydroxyl groups excluding tert-OH is 1. The SMILES string of the molecule is N#Cc1cc(N)c2nc1C(=O)N(C1CC(F)(F)C1)CCCCCC(CO)(C(F)(F)F)c1nnc-2o1. The Hall–Kier alpha value is -3.34. The van der Waals surface area contributed by atoms with Crippen molar-refractivity contribution in [3.8, 4) is 17.7 Å². The molecule has 3 N–H and O–H groups in total. The number of aromatic nitrogens is 3. The molecular weight excluding hydrogens is 479 g/mol. The number of carbonyl (C=O) groups excluding carboxylic acids is 1. The zero-order valence-corrected chi connectivity index (χ0v) is 18.3. The average Bonchev–Trinajstić information content (AvgIpc) is 3.25. The highest BCUT2D eigenvalue weighted by Gasteiger charge is 2.59. The predicted molar refractivity (Wildman–Crippen MR) is 109 cm³/mol. The van der Waals surface area contributed by atoms with Crippen LogP contribution in [0.5, 0.6) is 0 Å². The smallest absolute Gasteiger partial charge is 0.405 e. The number of halogens is 5. The molecule has 0 saturated heterocycles. The van der Waals surface area contributed by atoms with E-state index in [4.69, 9.17) is 10.2 Å². The van der Waals surface area contributed by atoms with Crippen molar-refractivity contribution in [3.63, 3.8) is 0 Å². The summed E-state index contributed by atoms with van der Waals surface area (Å²) in [6.45, 7) is -1.37. The van der Waals surface area contributed by atoms with Crippen LogP contribution in [0, 0.1) is 11.3 Å². The molecule has 1 aliphatic heterocycles. The molecule has 14 heteroatoms. The van der Waals surface area contributed by atoms with Crippen molar-refractivity contribution in [1.82, 2.24) is 20.1 Å². The van der Waals surface area contributed by atoms with E-state index in [1.807, 2.05) is 0 Å². The van der Waals surface area contributed by atoms with Gasteiger partial charge in [0.1, 0.15) is 11.8 Å². The van der Waals surface area contributed by atoms with Crippen molar-refractivity contribution in [2.75, 3.05) is 18.9 Å². The van der Waals surface area contributed by atoms with Crippen molar-refractivity contribution >= 4 is 11.6 Å². The summed E-state index contributed by atoms with van der Waals surface area (Å²) in [6.07, 6.45) is -6.30. The number of nitrogen functional groups attached to an aromatic ring is 1. The topological polar surface area (TPSA) is 142 Å². The number of nitrogens with zero attached hydrogens (tertiary/aromatic N) is 5. The van der Waals surface area contributed by atoms with Crippen LogP contribution in [0.1, 0.15) is 60.5 Å². The van der Waals surface area contributed by atoms with Gasteiger partial charge in [-0.25, -0.2) is 13.8 Å². The fourth-order valence-corrected chi connectivity index (χ4v) is 4.39. The number of nitriles is 1. The molecule has 35 heavy (non-hydrogen) atoms. The minimum absolute atomic E-state index is 0.0254. The number of aliphatic hydroxyl groups is 1. The second-order valence-electron chi connectivity index (χ2n) is 8.81. The number of hydrogen-bond acceptors (Lipinski definition) is 8. The molecule has 3 heterocycles. The number of rotatable bonds is 2. The molecule has 0 radical (unpaired) electrons. The lowest BCUT2D eigenvalue weighted by Crippen LogP contribution is -2.53. The normalized spacial score (nSPS) is 23.3. The summed E-state index contributed by atoms with van der Waals surface area (Å²) in [7, 11) is 0. The Kier molecular flexibility index (Phi) is 6.16. The van der Waals surface area contributed by atoms with Crippen molar-refractivity contribution in [2.45, 2.75) is 62.1 Å². The molecule has 1 unspecified atom stereocenters. The average molecular weight is 500 g/mol. The fourth-order valence-electron chi connectivity index (χ4n) is 4.39. The van der Waals surface area contributed by atoms with Crippen LogP contribution in [-0.4, -0.2) is 62.4 Å². The van der Waals surface area contributed by atoms with Gasteiger partial charge in [-0.15, -0.1) is 10.2 Å². The molecule has 1 atom stereocenters. The summed E-state index contributed by atoms with van der Waals surface area (Å²) in [6, 6.07) is 2.05. The van der Waals surface area contributed by atoms with Crippen LogP contribution < -0.4 is 5.73 Å². The van der Waals surface area contributed by atoms with Crippen molar-refractivity contribution in [3.05, 3.63) is 23.2 Å². The van der Waals surface area contributed by atoms with Crippen LogP contribution in [0.2, 0.25) is 0 Å². The van der Waals surface area contributed by atoms with Gasteiger partial charge in [-0.3, -0.25) is 4.79 Å². The molecule has 2 aliphatic rings. The largest absolute Gasteiger partial charge is 0.418 e. The van der Waals surface area contributed by atoms with E-state index in [-0.39, 0.29) is 42.8 Å². The van der Waals surface area contributed by atoms with E-state index in [1.165, 1.54) is 4.90 Å². The lowest BCUT2D eigenvalue weighted by Gasteiger charge is -2.42. The highest BCUT2D eigenvalue weighted by molar-refractivity contribution is 5.96. The summed E-state index contributed by atoms with van der Waals surface area (Å²) >= 11 is 0. The second-order valence-corrected chi connectivity index (χ2v) is 8.81. The van der Waals surface area contributed by atoms with E-state index in [0.29, 0.717) is 0 Å². The summed E-state index contributed by atoms with van der Waals surface area (Å²) in [5.74, 6) is -5.14. The van der Waals surface area contributed by atoms with Crippen LogP contribution >= 0.6 is 0 Å². The van der Waals surface area contributed by atoms with E-state index < -0.39 is 72.8 Å². The number of fused-ring (bicyclic) bond motifs is 5. The zero-order chi connectivity index (χ0) is 25.6. The molecule has 4 bridgehead atoms. The molecule has 0 aromatic carbocycles. The van der Waals surface area contributed by atoms with Gasteiger partial charge in [0.05, 0.1) is 17.9 Å². The standard InChI is InChI=1S/C21H21F5N6O3/c22-20(23)7-12(8-20)32-5-3-1-2-4-19(10-33,21(24,25)26)18-31-30-16(35-18)15-13(28)6-11(9-27)14(29-15)17(32)34/h6,12,33H,1-5,7-8,10,28H2. The molecule has 1 fully saturated rings. The first-order chi connectivity index (χ1) is 16.4. The quantitative estimate of drug-likeness (QED) is 0.599. The Bertz CT molecular complexity index is 1170. The number of carbonyl (C=O) groups is 1. The van der Waals surface area contributed by atoms with Gasteiger partial charge in [0.15, 0.2) is 11.1 Å². The zero-order valence-electron chi connectivity index (χ0n) is 18.3. The number of alkyl halides is 5. The fraction of sp³-hybridized carbons (Fsp3) is 0.571. The highest BCUT2D eigenvalue weighted by atomic mass is 19.4. The van der Waals surface area contributed by atoms with E-state index >= 15 is 0 Å². The maximum atomic E-state index is 14.1. The first-order valence-electron chi connectivity index (χ1n) is 10.8. The Labute approximate surface area is 195 Å². The van der Waals surface area contributed by atoms with E-state index in [0.717, 1.165) is 6.07 Å². The van der Waals surface area contributed by atoms with E-state index in [2.05, 4.69) is 15.2 Å². The third-order valence-corrected chi connectivity index (χ3v) is 6.50. The lowest BCUT2D eigenvalue weighted by molar-refractivity contribution is -0.210. The summed E-state index contributed by atoms with van der Waals surface area (Å²) < 4.78 is 74.7. The highest BCUT2D eigenvalue weighted by Crippen LogP contribution is 2.45. The molecule has 188 valence electrons. The molecule has 9 nitrogen and oxygen atoms in total. The monoisotopic (exact) mass is 500 g/mol. The molecule has 1 amide bonds. The van der Waals surface area contributed by atoms with Gasteiger partial charge in [0.2, 0.25) is 5.89 Å². The third kappa shape index (κ3) is 4.29. The van der Waals surface area contributed by atoms with Gasteiger partial charge in [0.25, 0.3) is 17.7 Å². The van der Waals surface area contributed by atoms with E-state index in [9.17, 15) is 37.1 Å². The van der Waals surface area contributed by atoms with Crippen molar-refractivity contribution in [1.29, 1.82) is 5.26 Å². The number of amides is 1. The molecule has 0 spiro atoms. The molecule has 1 aliphatic carbocycles. The molecule has 2 aromatic heterocycles. The van der Waals surface area contributed by atoms with Crippen molar-refractivity contribution in [2.24, 2.45) is 0 Å². The maximum absolute atomic E-state index is 14.1. The first kappa shape index (κ1) is 24.8. The Morgan fingerprint density at radius 1 is 1.23 bits per heavy atom. The van der Waals surface area contributed by atoms with Crippen LogP contribution in [0.15, 0.2) is 10.5 Å².